The first-order chi connectivity index (χ1) is 11.2. The van der Waals surface area contributed by atoms with Gasteiger partial charge in [-0.25, -0.2) is 9.59 Å². The lowest BCUT2D eigenvalue weighted by Crippen LogP contribution is -2.41. The van der Waals surface area contributed by atoms with Crippen molar-refractivity contribution in [2.24, 2.45) is 0 Å². The van der Waals surface area contributed by atoms with E-state index in [9.17, 15) is 9.59 Å². The number of halogens is 1. The molecule has 0 unspecified atom stereocenters. The third-order valence-electron chi connectivity index (χ3n) is 3.39. The Morgan fingerprint density at radius 3 is 2.58 bits per heavy atom. The van der Waals surface area contributed by atoms with Crippen molar-refractivity contribution in [1.82, 2.24) is 4.90 Å². The van der Waals surface area contributed by atoms with E-state index in [0.717, 1.165) is 10.5 Å². The van der Waals surface area contributed by atoms with Crippen molar-refractivity contribution in [3.05, 3.63) is 26.9 Å². The normalized spacial score (nSPS) is 15.5. The minimum atomic E-state index is -0.561. The van der Waals surface area contributed by atoms with Gasteiger partial charge in [-0.05, 0) is 51.8 Å². The molecule has 0 bridgehead atoms. The van der Waals surface area contributed by atoms with E-state index in [1.807, 2.05) is 26.8 Å². The number of hydrogen-bond donors (Lipinski definition) is 0. The van der Waals surface area contributed by atoms with Gasteiger partial charge in [-0.15, -0.1) is 11.3 Å². The van der Waals surface area contributed by atoms with Crippen LogP contribution in [0.4, 0.5) is 4.79 Å². The molecule has 1 aromatic rings. The minimum Gasteiger partial charge on any atom is -0.463 e. The molecular formula is C17H22ClNO4S. The van der Waals surface area contributed by atoms with E-state index >= 15 is 0 Å². The van der Waals surface area contributed by atoms with Crippen molar-refractivity contribution in [3.63, 3.8) is 0 Å². The average molecular weight is 372 g/mol. The summed E-state index contributed by atoms with van der Waals surface area (Å²) in [5, 5.41) is 0. The van der Waals surface area contributed by atoms with Gasteiger partial charge in [0.1, 0.15) is 5.60 Å². The Labute approximate surface area is 151 Å². The lowest BCUT2D eigenvalue weighted by molar-refractivity contribution is -0.138. The molecule has 5 nitrogen and oxygen atoms in total. The number of nitrogens with zero attached hydrogens (tertiary/aromatic N) is 1. The zero-order chi connectivity index (χ0) is 17.9. The summed E-state index contributed by atoms with van der Waals surface area (Å²) in [4.78, 5) is 27.1. The Hall–Kier alpha value is -1.53. The predicted octanol–water partition coefficient (Wildman–Crippen LogP) is 4.36. The second-order valence-corrected chi connectivity index (χ2v) is 8.15. The molecule has 1 aliphatic heterocycles. The second kappa shape index (κ2) is 7.57. The Morgan fingerprint density at radius 2 is 2.04 bits per heavy atom. The average Bonchev–Trinajstić information content (AvgIpc) is 2.91. The maximum absolute atomic E-state index is 12.3. The number of esters is 1. The summed E-state index contributed by atoms with van der Waals surface area (Å²) in [7, 11) is 0. The molecule has 0 aromatic carbocycles. The summed E-state index contributed by atoms with van der Waals surface area (Å²) in [5.41, 5.74) is 0.826. The largest absolute Gasteiger partial charge is 0.463 e. The highest BCUT2D eigenvalue weighted by Gasteiger charge is 2.30. The van der Waals surface area contributed by atoms with Gasteiger partial charge in [0.25, 0.3) is 0 Å². The van der Waals surface area contributed by atoms with Crippen LogP contribution in [0.2, 0.25) is 4.34 Å². The molecule has 0 saturated heterocycles. The van der Waals surface area contributed by atoms with E-state index in [4.69, 9.17) is 21.1 Å². The van der Waals surface area contributed by atoms with Crippen LogP contribution in [0.25, 0.3) is 5.57 Å². The lowest BCUT2D eigenvalue weighted by Gasteiger charge is -2.31. The summed E-state index contributed by atoms with van der Waals surface area (Å²) in [6, 6.07) is 3.64. The summed E-state index contributed by atoms with van der Waals surface area (Å²) in [5.74, 6) is -0.333. The summed E-state index contributed by atoms with van der Waals surface area (Å²) < 4.78 is 11.2. The fraction of sp³-hybridized carbons (Fsp3) is 0.529. The molecule has 0 N–H and O–H groups in total. The van der Waals surface area contributed by atoms with Crippen LogP contribution in [0, 0.1) is 0 Å². The molecule has 1 aromatic heterocycles. The van der Waals surface area contributed by atoms with E-state index in [0.29, 0.717) is 36.0 Å². The Balaban J connectivity index is 2.29. The third-order valence-corrected chi connectivity index (χ3v) is 4.68. The van der Waals surface area contributed by atoms with E-state index in [1.165, 1.54) is 11.3 Å². The van der Waals surface area contributed by atoms with Gasteiger partial charge in [-0.1, -0.05) is 11.6 Å². The first-order valence-corrected chi connectivity index (χ1v) is 9.03. The molecule has 0 radical (unpaired) electrons. The van der Waals surface area contributed by atoms with Gasteiger partial charge in [-0.2, -0.15) is 0 Å². The fourth-order valence-corrected chi connectivity index (χ4v) is 3.50. The molecule has 0 fully saturated rings. The van der Waals surface area contributed by atoms with E-state index in [1.54, 1.807) is 17.9 Å². The van der Waals surface area contributed by atoms with Crippen LogP contribution in [0.15, 0.2) is 17.7 Å². The van der Waals surface area contributed by atoms with Gasteiger partial charge in [-0.3, -0.25) is 0 Å². The maximum Gasteiger partial charge on any atom is 0.410 e. The standard InChI is InChI=1S/C17H22ClNO4S/c1-5-22-15(20)11-8-9-19(16(21)23-17(2,3)4)10-12(11)13-6-7-14(18)24-13/h6-7H,5,8-10H2,1-4H3. The predicted molar refractivity (Wildman–Crippen MR) is 95.3 cm³/mol. The molecule has 1 amide bonds. The van der Waals surface area contributed by atoms with E-state index in [2.05, 4.69) is 0 Å². The first-order valence-electron chi connectivity index (χ1n) is 7.84. The van der Waals surface area contributed by atoms with E-state index in [-0.39, 0.29) is 12.1 Å². The van der Waals surface area contributed by atoms with Gasteiger partial charge in [0.2, 0.25) is 0 Å². The molecule has 0 saturated carbocycles. The summed E-state index contributed by atoms with van der Waals surface area (Å²) in [6.45, 7) is 8.30. The molecule has 0 aliphatic carbocycles. The minimum absolute atomic E-state index is 0.305. The molecule has 1 aliphatic rings. The molecule has 7 heteroatoms. The Kier molecular flexibility index (Phi) is 5.93. The number of ether oxygens (including phenoxy) is 2. The highest BCUT2D eigenvalue weighted by molar-refractivity contribution is 7.17. The molecule has 2 rings (SSSR count). The first kappa shape index (κ1) is 18.8. The van der Waals surface area contributed by atoms with Crippen LogP contribution >= 0.6 is 22.9 Å². The van der Waals surface area contributed by atoms with Gasteiger partial charge in [0, 0.05) is 17.0 Å². The van der Waals surface area contributed by atoms with Gasteiger partial charge < -0.3 is 14.4 Å². The van der Waals surface area contributed by atoms with Crippen LogP contribution in [-0.2, 0) is 14.3 Å². The van der Waals surface area contributed by atoms with Crippen molar-refractivity contribution in [1.29, 1.82) is 0 Å². The molecule has 0 atom stereocenters. The quantitative estimate of drug-likeness (QED) is 0.741. The number of carbonyl (C=O) groups excluding carboxylic acids is 2. The number of thiophene rings is 1. The number of hydrogen-bond acceptors (Lipinski definition) is 5. The highest BCUT2D eigenvalue weighted by Crippen LogP contribution is 2.34. The lowest BCUT2D eigenvalue weighted by atomic mass is 9.99. The number of amides is 1. The van der Waals surface area contributed by atoms with Crippen molar-refractivity contribution in [3.8, 4) is 0 Å². The highest BCUT2D eigenvalue weighted by atomic mass is 35.5. The molecule has 2 heterocycles. The third kappa shape index (κ3) is 4.74. The molecule has 0 spiro atoms. The number of carbonyl (C=O) groups is 2. The smallest absolute Gasteiger partial charge is 0.410 e. The zero-order valence-electron chi connectivity index (χ0n) is 14.3. The fourth-order valence-electron chi connectivity index (χ4n) is 2.39. The SMILES string of the molecule is CCOC(=O)C1=C(c2ccc(Cl)s2)CN(C(=O)OC(C)(C)C)CC1. The van der Waals surface area contributed by atoms with Crippen LogP contribution in [-0.4, -0.2) is 42.3 Å². The maximum atomic E-state index is 12.3. The van der Waals surface area contributed by atoms with E-state index < -0.39 is 5.60 Å². The monoisotopic (exact) mass is 371 g/mol. The zero-order valence-corrected chi connectivity index (χ0v) is 15.9. The van der Waals surface area contributed by atoms with Gasteiger partial charge >= 0.3 is 12.1 Å². The van der Waals surface area contributed by atoms with Crippen LogP contribution in [0.5, 0.6) is 0 Å². The Bertz CT molecular complexity index is 660. The van der Waals surface area contributed by atoms with Crippen LogP contribution < -0.4 is 0 Å². The molecule has 132 valence electrons. The Morgan fingerprint density at radius 1 is 1.33 bits per heavy atom. The van der Waals surface area contributed by atoms with Crippen LogP contribution in [0.3, 0.4) is 0 Å². The molecule has 24 heavy (non-hydrogen) atoms. The second-order valence-electron chi connectivity index (χ2n) is 6.43. The van der Waals surface area contributed by atoms with Gasteiger partial charge in [0.15, 0.2) is 0 Å². The summed E-state index contributed by atoms with van der Waals surface area (Å²) >= 11 is 7.41. The summed E-state index contributed by atoms with van der Waals surface area (Å²) in [6.07, 6.45) is 0.0497. The topological polar surface area (TPSA) is 55.8 Å². The number of rotatable bonds is 3. The van der Waals surface area contributed by atoms with Gasteiger partial charge in [0.05, 0.1) is 17.5 Å². The van der Waals surface area contributed by atoms with Crippen LogP contribution in [0.1, 0.15) is 39.0 Å². The van der Waals surface area contributed by atoms with Crippen molar-refractivity contribution >= 4 is 40.6 Å². The molecular weight excluding hydrogens is 350 g/mol. The van der Waals surface area contributed by atoms with Crippen molar-refractivity contribution < 1.29 is 19.1 Å². The van der Waals surface area contributed by atoms with Crippen molar-refractivity contribution in [2.45, 2.75) is 39.7 Å². The van der Waals surface area contributed by atoms with Crippen molar-refractivity contribution in [2.75, 3.05) is 19.7 Å².